The number of hydrogen-bond donors (Lipinski definition) is 1. The number of anilines is 1. The highest BCUT2D eigenvalue weighted by Gasteiger charge is 2.35. The fourth-order valence-corrected chi connectivity index (χ4v) is 6.96. The number of aryl methyl sites for hydroxylation is 2. The van der Waals surface area contributed by atoms with Gasteiger partial charge in [-0.15, -0.1) is 0 Å². The molecule has 0 bridgehead atoms. The molecule has 0 aliphatic rings. The molecule has 2 amide bonds. The Labute approximate surface area is 292 Å². The van der Waals surface area contributed by atoms with Crippen LogP contribution in [0.1, 0.15) is 36.1 Å². The normalized spacial score (nSPS) is 12.1. The van der Waals surface area contributed by atoms with E-state index in [1.807, 2.05) is 51.1 Å². The van der Waals surface area contributed by atoms with Crippen molar-refractivity contribution in [2.75, 3.05) is 17.4 Å². The molecule has 0 radical (unpaired) electrons. The molecular weight excluding hydrogens is 677 g/mol. The van der Waals surface area contributed by atoms with Crippen LogP contribution < -0.4 is 9.62 Å². The molecule has 11 heteroatoms. The van der Waals surface area contributed by atoms with Crippen LogP contribution in [-0.2, 0) is 32.6 Å². The smallest absolute Gasteiger partial charge is 0.264 e. The van der Waals surface area contributed by atoms with Gasteiger partial charge in [0.05, 0.1) is 10.6 Å². The fourth-order valence-electron chi connectivity index (χ4n) is 4.91. The van der Waals surface area contributed by atoms with Crippen molar-refractivity contribution in [1.29, 1.82) is 0 Å². The largest absolute Gasteiger partial charge is 0.354 e. The number of nitrogens with one attached hydrogen (secondary N) is 1. The minimum Gasteiger partial charge on any atom is -0.354 e. The third-order valence-corrected chi connectivity index (χ3v) is 10.4. The predicted molar refractivity (Wildman–Crippen MR) is 191 cm³/mol. The van der Waals surface area contributed by atoms with Crippen molar-refractivity contribution in [2.24, 2.45) is 5.92 Å². The van der Waals surface area contributed by atoms with Crippen molar-refractivity contribution in [3.05, 3.63) is 128 Å². The number of carbonyl (C=O) groups is 2. The first-order valence-electron chi connectivity index (χ1n) is 15.2. The molecular formula is C36H38Cl3N3O4S. The molecule has 0 heterocycles. The van der Waals surface area contributed by atoms with E-state index in [0.717, 1.165) is 21.0 Å². The SMILES string of the molecule is Cc1ccc(S(=O)(=O)N(CC(=O)N(Cc2ccc(Cl)cc2Cl)[C@@H](Cc2ccccc2)C(=O)NCC(C)C)c2ccc(C)c(Cl)c2)cc1. The first kappa shape index (κ1) is 36.3. The highest BCUT2D eigenvalue weighted by atomic mass is 35.5. The number of amides is 2. The van der Waals surface area contributed by atoms with E-state index >= 15 is 0 Å². The van der Waals surface area contributed by atoms with E-state index in [0.29, 0.717) is 27.2 Å². The maximum absolute atomic E-state index is 14.6. The molecule has 4 aromatic carbocycles. The summed E-state index contributed by atoms with van der Waals surface area (Å²) in [6, 6.07) is 24.5. The van der Waals surface area contributed by atoms with Gasteiger partial charge >= 0.3 is 0 Å². The molecule has 0 aliphatic heterocycles. The number of sulfonamides is 1. The Bertz CT molecular complexity index is 1820. The minimum atomic E-state index is -4.26. The molecule has 4 rings (SSSR count). The summed E-state index contributed by atoms with van der Waals surface area (Å²) < 4.78 is 29.5. The minimum absolute atomic E-state index is 0.00963. The van der Waals surface area contributed by atoms with Crippen molar-refractivity contribution >= 4 is 62.3 Å². The van der Waals surface area contributed by atoms with Crippen LogP contribution in [-0.4, -0.2) is 44.3 Å². The number of carbonyl (C=O) groups excluding carboxylic acids is 2. The van der Waals surface area contributed by atoms with E-state index in [4.69, 9.17) is 34.8 Å². The van der Waals surface area contributed by atoms with Crippen LogP contribution in [0.3, 0.4) is 0 Å². The lowest BCUT2D eigenvalue weighted by molar-refractivity contribution is -0.140. The molecule has 0 unspecified atom stereocenters. The molecule has 0 saturated carbocycles. The van der Waals surface area contributed by atoms with Gasteiger partial charge in [0.15, 0.2) is 0 Å². The molecule has 0 fully saturated rings. The Morgan fingerprint density at radius 2 is 1.51 bits per heavy atom. The summed E-state index contributed by atoms with van der Waals surface area (Å²) in [6.07, 6.45) is 0.183. The second-order valence-electron chi connectivity index (χ2n) is 11.9. The van der Waals surface area contributed by atoms with Gasteiger partial charge in [-0.3, -0.25) is 13.9 Å². The summed E-state index contributed by atoms with van der Waals surface area (Å²) in [7, 11) is -4.26. The molecule has 47 heavy (non-hydrogen) atoms. The van der Waals surface area contributed by atoms with Crippen LogP contribution >= 0.6 is 34.8 Å². The van der Waals surface area contributed by atoms with Crippen molar-refractivity contribution in [3.8, 4) is 0 Å². The lowest BCUT2D eigenvalue weighted by atomic mass is 10.0. The topological polar surface area (TPSA) is 86.8 Å². The highest BCUT2D eigenvalue weighted by Crippen LogP contribution is 2.30. The zero-order valence-electron chi connectivity index (χ0n) is 26.7. The van der Waals surface area contributed by atoms with Crippen LogP contribution in [0.25, 0.3) is 0 Å². The maximum atomic E-state index is 14.6. The van der Waals surface area contributed by atoms with Crippen molar-refractivity contribution in [1.82, 2.24) is 10.2 Å². The van der Waals surface area contributed by atoms with E-state index in [1.54, 1.807) is 49.4 Å². The lowest BCUT2D eigenvalue weighted by Crippen LogP contribution is -2.53. The summed E-state index contributed by atoms with van der Waals surface area (Å²) in [5, 5.41) is 4.04. The second-order valence-corrected chi connectivity index (χ2v) is 15.0. The summed E-state index contributed by atoms with van der Waals surface area (Å²) >= 11 is 19.2. The number of hydrogen-bond acceptors (Lipinski definition) is 4. The molecule has 0 aliphatic carbocycles. The van der Waals surface area contributed by atoms with Crippen molar-refractivity contribution < 1.29 is 18.0 Å². The molecule has 7 nitrogen and oxygen atoms in total. The van der Waals surface area contributed by atoms with E-state index in [1.165, 1.54) is 23.1 Å². The molecule has 248 valence electrons. The Kier molecular flexibility index (Phi) is 12.4. The quantitative estimate of drug-likeness (QED) is 0.153. The zero-order valence-corrected chi connectivity index (χ0v) is 29.8. The Morgan fingerprint density at radius 1 is 0.830 bits per heavy atom. The second kappa shape index (κ2) is 16.0. The van der Waals surface area contributed by atoms with Gasteiger partial charge in [0.1, 0.15) is 12.6 Å². The number of nitrogens with zero attached hydrogens (tertiary/aromatic N) is 2. The van der Waals surface area contributed by atoms with Crippen LogP contribution in [0, 0.1) is 19.8 Å². The monoisotopic (exact) mass is 713 g/mol. The van der Waals surface area contributed by atoms with Crippen molar-refractivity contribution in [2.45, 2.75) is 51.6 Å². The van der Waals surface area contributed by atoms with Gasteiger partial charge in [0, 0.05) is 34.6 Å². The van der Waals surface area contributed by atoms with Crippen LogP contribution in [0.2, 0.25) is 15.1 Å². The standard InChI is InChI=1S/C36H38Cl3N3O4S/c1-24(2)21-40-36(44)34(18-27-8-6-5-7-9-27)41(22-28-13-14-29(37)19-33(28)39)35(43)23-42(30-15-12-26(4)32(38)20-30)47(45,46)31-16-10-25(3)11-17-31/h5-17,19-20,24,34H,18,21-23H2,1-4H3,(H,40,44)/t34-/m0/s1. The summed E-state index contributed by atoms with van der Waals surface area (Å²) in [5.74, 6) is -0.816. The summed E-state index contributed by atoms with van der Waals surface area (Å²) in [6.45, 7) is 7.32. The molecule has 0 saturated heterocycles. The van der Waals surface area contributed by atoms with Gasteiger partial charge in [-0.2, -0.15) is 0 Å². The number of halogens is 3. The van der Waals surface area contributed by atoms with Gasteiger partial charge in [0.2, 0.25) is 11.8 Å². The van der Waals surface area contributed by atoms with Crippen LogP contribution in [0.5, 0.6) is 0 Å². The lowest BCUT2D eigenvalue weighted by Gasteiger charge is -2.34. The van der Waals surface area contributed by atoms with E-state index in [-0.39, 0.29) is 35.4 Å². The van der Waals surface area contributed by atoms with Gasteiger partial charge < -0.3 is 10.2 Å². The average molecular weight is 715 g/mol. The maximum Gasteiger partial charge on any atom is 0.264 e. The van der Waals surface area contributed by atoms with E-state index < -0.39 is 28.5 Å². The Hall–Kier alpha value is -3.56. The molecule has 0 spiro atoms. The molecule has 1 atom stereocenters. The average Bonchev–Trinajstić information content (AvgIpc) is 3.03. The van der Waals surface area contributed by atoms with Crippen LogP contribution in [0.15, 0.2) is 95.9 Å². The van der Waals surface area contributed by atoms with E-state index in [9.17, 15) is 18.0 Å². The first-order chi connectivity index (χ1) is 22.3. The summed E-state index contributed by atoms with van der Waals surface area (Å²) in [4.78, 5) is 29.9. The third kappa shape index (κ3) is 9.51. The summed E-state index contributed by atoms with van der Waals surface area (Å²) in [5.41, 5.74) is 3.21. The molecule has 4 aromatic rings. The molecule has 0 aromatic heterocycles. The predicted octanol–water partition coefficient (Wildman–Crippen LogP) is 7.87. The highest BCUT2D eigenvalue weighted by molar-refractivity contribution is 7.92. The van der Waals surface area contributed by atoms with Gasteiger partial charge in [0.25, 0.3) is 10.0 Å². The van der Waals surface area contributed by atoms with Gasteiger partial charge in [-0.1, -0.05) is 109 Å². The van der Waals surface area contributed by atoms with Crippen LogP contribution in [0.4, 0.5) is 5.69 Å². The van der Waals surface area contributed by atoms with Gasteiger partial charge in [-0.05, 0) is 72.9 Å². The van der Waals surface area contributed by atoms with Crippen molar-refractivity contribution in [3.63, 3.8) is 0 Å². The third-order valence-electron chi connectivity index (χ3n) is 7.64. The first-order valence-corrected chi connectivity index (χ1v) is 17.7. The number of rotatable bonds is 13. The van der Waals surface area contributed by atoms with E-state index in [2.05, 4.69) is 5.32 Å². The Balaban J connectivity index is 1.84. The molecule has 1 N–H and O–H groups in total. The Morgan fingerprint density at radius 3 is 2.13 bits per heavy atom. The number of benzene rings is 4. The fraction of sp³-hybridized carbons (Fsp3) is 0.278. The van der Waals surface area contributed by atoms with Gasteiger partial charge in [-0.25, -0.2) is 8.42 Å². The zero-order chi connectivity index (χ0) is 34.3.